The number of benzene rings is 2. The van der Waals surface area contributed by atoms with E-state index in [1.165, 1.54) is 27.8 Å². The van der Waals surface area contributed by atoms with Gasteiger partial charge in [-0.15, -0.1) is 0 Å². The highest BCUT2D eigenvalue weighted by Gasteiger charge is 2.15. The van der Waals surface area contributed by atoms with Crippen LogP contribution in [0.1, 0.15) is 40.8 Å². The molecule has 2 rings (SSSR count). The molecule has 20 heavy (non-hydrogen) atoms. The Morgan fingerprint density at radius 3 is 2.20 bits per heavy atom. The molecule has 0 heterocycles. The van der Waals surface area contributed by atoms with Gasteiger partial charge in [0.2, 0.25) is 0 Å². The monoisotopic (exact) mass is 267 g/mol. The van der Waals surface area contributed by atoms with Gasteiger partial charge >= 0.3 is 0 Å². The van der Waals surface area contributed by atoms with E-state index in [-0.39, 0.29) is 0 Å². The highest BCUT2D eigenvalue weighted by molar-refractivity contribution is 5.37. The van der Waals surface area contributed by atoms with Gasteiger partial charge in [-0.2, -0.15) is 0 Å². The van der Waals surface area contributed by atoms with Gasteiger partial charge in [0.1, 0.15) is 0 Å². The van der Waals surface area contributed by atoms with E-state index < -0.39 is 0 Å². The zero-order valence-electron chi connectivity index (χ0n) is 13.0. The SMILES string of the molecule is CCc1ccccc1C(Cc1c(C)cccc1C)NC. The summed E-state index contributed by atoms with van der Waals surface area (Å²) >= 11 is 0. The number of likely N-dealkylation sites (N-methyl/N-ethyl adjacent to an activating group) is 1. The van der Waals surface area contributed by atoms with Gasteiger partial charge < -0.3 is 5.32 Å². The van der Waals surface area contributed by atoms with Crippen molar-refractivity contribution in [3.63, 3.8) is 0 Å². The standard InChI is InChI=1S/C19H25N/c1-5-16-11-6-7-12-17(16)19(20-4)13-18-14(2)9-8-10-15(18)3/h6-12,19-20H,5,13H2,1-4H3. The molecule has 0 spiro atoms. The van der Waals surface area contributed by atoms with E-state index in [4.69, 9.17) is 0 Å². The molecule has 0 aliphatic heterocycles. The summed E-state index contributed by atoms with van der Waals surface area (Å²) in [6.07, 6.45) is 2.13. The van der Waals surface area contributed by atoms with Crippen LogP contribution in [0.15, 0.2) is 42.5 Å². The van der Waals surface area contributed by atoms with Crippen molar-refractivity contribution in [3.05, 3.63) is 70.3 Å². The van der Waals surface area contributed by atoms with Crippen LogP contribution in [0.2, 0.25) is 0 Å². The van der Waals surface area contributed by atoms with Gasteiger partial charge in [0.15, 0.2) is 0 Å². The zero-order chi connectivity index (χ0) is 14.5. The molecule has 0 aliphatic rings. The van der Waals surface area contributed by atoms with Crippen LogP contribution in [0.3, 0.4) is 0 Å². The quantitative estimate of drug-likeness (QED) is 0.848. The third kappa shape index (κ3) is 3.10. The zero-order valence-corrected chi connectivity index (χ0v) is 13.0. The van der Waals surface area contributed by atoms with E-state index >= 15 is 0 Å². The number of nitrogens with one attached hydrogen (secondary N) is 1. The Balaban J connectivity index is 2.34. The summed E-state index contributed by atoms with van der Waals surface area (Å²) in [4.78, 5) is 0. The molecule has 0 saturated carbocycles. The molecular weight excluding hydrogens is 242 g/mol. The number of aryl methyl sites for hydroxylation is 3. The van der Waals surface area contributed by atoms with E-state index in [9.17, 15) is 0 Å². The number of hydrogen-bond donors (Lipinski definition) is 1. The lowest BCUT2D eigenvalue weighted by atomic mass is 9.90. The highest BCUT2D eigenvalue weighted by atomic mass is 14.9. The summed E-state index contributed by atoms with van der Waals surface area (Å²) in [6.45, 7) is 6.64. The van der Waals surface area contributed by atoms with Gasteiger partial charge in [-0.3, -0.25) is 0 Å². The van der Waals surface area contributed by atoms with Crippen LogP contribution in [0, 0.1) is 13.8 Å². The van der Waals surface area contributed by atoms with Crippen molar-refractivity contribution in [3.8, 4) is 0 Å². The van der Waals surface area contributed by atoms with E-state index in [1.54, 1.807) is 0 Å². The van der Waals surface area contributed by atoms with E-state index in [0.717, 1.165) is 12.8 Å². The molecule has 0 bridgehead atoms. The Bertz CT molecular complexity index is 551. The first-order chi connectivity index (χ1) is 9.67. The van der Waals surface area contributed by atoms with Crippen molar-refractivity contribution in [1.29, 1.82) is 0 Å². The fraction of sp³-hybridized carbons (Fsp3) is 0.368. The summed E-state index contributed by atoms with van der Waals surface area (Å²) in [5.41, 5.74) is 7.12. The molecule has 1 N–H and O–H groups in total. The van der Waals surface area contributed by atoms with Crippen LogP contribution >= 0.6 is 0 Å². The molecule has 2 aromatic rings. The van der Waals surface area contributed by atoms with Crippen molar-refractivity contribution >= 4 is 0 Å². The molecule has 1 heteroatoms. The van der Waals surface area contributed by atoms with Gasteiger partial charge in [0, 0.05) is 6.04 Å². The third-order valence-corrected chi connectivity index (χ3v) is 4.21. The Morgan fingerprint density at radius 2 is 1.60 bits per heavy atom. The predicted octanol–water partition coefficient (Wildman–Crippen LogP) is 4.37. The molecular formula is C19H25N. The average molecular weight is 267 g/mol. The average Bonchev–Trinajstić information content (AvgIpc) is 2.47. The van der Waals surface area contributed by atoms with Crippen LogP contribution in [0.4, 0.5) is 0 Å². The molecule has 0 saturated heterocycles. The summed E-state index contributed by atoms with van der Waals surface area (Å²) in [6, 6.07) is 15.7. The van der Waals surface area contributed by atoms with E-state index in [1.807, 2.05) is 0 Å². The predicted molar refractivity (Wildman–Crippen MR) is 87.2 cm³/mol. The van der Waals surface area contributed by atoms with Gasteiger partial charge in [0.25, 0.3) is 0 Å². The molecule has 0 amide bonds. The van der Waals surface area contributed by atoms with Crippen molar-refractivity contribution in [2.75, 3.05) is 7.05 Å². The largest absolute Gasteiger partial charge is 0.313 e. The molecule has 0 radical (unpaired) electrons. The lowest BCUT2D eigenvalue weighted by molar-refractivity contribution is 0.584. The first-order valence-electron chi connectivity index (χ1n) is 7.47. The first kappa shape index (κ1) is 14.8. The van der Waals surface area contributed by atoms with Crippen molar-refractivity contribution < 1.29 is 0 Å². The molecule has 1 atom stereocenters. The minimum absolute atomic E-state index is 0.381. The van der Waals surface area contributed by atoms with Crippen LogP contribution in [-0.2, 0) is 12.8 Å². The highest BCUT2D eigenvalue weighted by Crippen LogP contribution is 2.25. The fourth-order valence-corrected chi connectivity index (χ4v) is 2.94. The van der Waals surface area contributed by atoms with Crippen molar-refractivity contribution in [2.45, 2.75) is 39.7 Å². The van der Waals surface area contributed by atoms with Crippen LogP contribution in [0.25, 0.3) is 0 Å². The number of rotatable bonds is 5. The topological polar surface area (TPSA) is 12.0 Å². The molecule has 1 unspecified atom stereocenters. The second-order valence-corrected chi connectivity index (χ2v) is 5.47. The molecule has 2 aromatic carbocycles. The maximum absolute atomic E-state index is 3.50. The van der Waals surface area contributed by atoms with Gasteiger partial charge in [-0.05, 0) is 61.6 Å². The summed E-state index contributed by atoms with van der Waals surface area (Å²) in [7, 11) is 2.06. The first-order valence-corrected chi connectivity index (χ1v) is 7.47. The van der Waals surface area contributed by atoms with Crippen LogP contribution in [0.5, 0.6) is 0 Å². The van der Waals surface area contributed by atoms with E-state index in [2.05, 4.69) is 75.6 Å². The lowest BCUT2D eigenvalue weighted by Gasteiger charge is -2.22. The minimum Gasteiger partial charge on any atom is -0.313 e. The normalized spacial score (nSPS) is 12.4. The van der Waals surface area contributed by atoms with E-state index in [0.29, 0.717) is 6.04 Å². The lowest BCUT2D eigenvalue weighted by Crippen LogP contribution is -2.21. The minimum atomic E-state index is 0.381. The van der Waals surface area contributed by atoms with Gasteiger partial charge in [-0.1, -0.05) is 49.4 Å². The second-order valence-electron chi connectivity index (χ2n) is 5.47. The number of hydrogen-bond acceptors (Lipinski definition) is 1. The Hall–Kier alpha value is -1.60. The summed E-state index contributed by atoms with van der Waals surface area (Å²) in [5, 5.41) is 3.50. The fourth-order valence-electron chi connectivity index (χ4n) is 2.94. The van der Waals surface area contributed by atoms with Crippen LogP contribution in [-0.4, -0.2) is 7.05 Å². The Kier molecular flexibility index (Phi) is 4.97. The molecule has 0 aliphatic carbocycles. The molecule has 1 nitrogen and oxygen atoms in total. The summed E-state index contributed by atoms with van der Waals surface area (Å²) < 4.78 is 0. The van der Waals surface area contributed by atoms with Crippen LogP contribution < -0.4 is 5.32 Å². The Labute approximate surface area is 123 Å². The summed E-state index contributed by atoms with van der Waals surface area (Å²) in [5.74, 6) is 0. The maximum Gasteiger partial charge on any atom is 0.0361 e. The Morgan fingerprint density at radius 1 is 0.950 bits per heavy atom. The second kappa shape index (κ2) is 6.71. The smallest absolute Gasteiger partial charge is 0.0361 e. The molecule has 0 fully saturated rings. The van der Waals surface area contributed by atoms with Crippen molar-refractivity contribution in [1.82, 2.24) is 5.32 Å². The van der Waals surface area contributed by atoms with Gasteiger partial charge in [0.05, 0.1) is 0 Å². The maximum atomic E-state index is 3.50. The third-order valence-electron chi connectivity index (χ3n) is 4.21. The van der Waals surface area contributed by atoms with Gasteiger partial charge in [-0.25, -0.2) is 0 Å². The molecule has 106 valence electrons. The molecule has 0 aromatic heterocycles. The van der Waals surface area contributed by atoms with Crippen molar-refractivity contribution in [2.24, 2.45) is 0 Å².